The van der Waals surface area contributed by atoms with Crippen molar-refractivity contribution in [2.75, 3.05) is 0 Å². The maximum Gasteiger partial charge on any atom is 0.408 e. The molecule has 17 heavy (non-hydrogen) atoms. The monoisotopic (exact) mass is 248 g/mol. The van der Waals surface area contributed by atoms with Crippen LogP contribution in [0.1, 0.15) is 20.8 Å². The summed E-state index contributed by atoms with van der Waals surface area (Å²) in [5.74, 6) is -2.85. The van der Waals surface area contributed by atoms with Crippen LogP contribution in [-0.4, -0.2) is 45.9 Å². The van der Waals surface area contributed by atoms with E-state index < -0.39 is 35.7 Å². The molecule has 0 aromatic heterocycles. The number of aliphatic carboxylic acids is 1. The predicted octanol–water partition coefficient (Wildman–Crippen LogP) is -1.19. The zero-order chi connectivity index (χ0) is 13.8. The smallest absolute Gasteiger partial charge is 0.408 e. The van der Waals surface area contributed by atoms with Crippen molar-refractivity contribution in [1.29, 1.82) is 0 Å². The van der Waals surface area contributed by atoms with E-state index in [2.05, 4.69) is 0 Å². The number of amides is 2. The van der Waals surface area contributed by atoms with E-state index in [1.807, 2.05) is 5.32 Å². The predicted molar refractivity (Wildman–Crippen MR) is 56.0 cm³/mol. The zero-order valence-electron chi connectivity index (χ0n) is 9.76. The van der Waals surface area contributed by atoms with Crippen molar-refractivity contribution >= 4 is 18.0 Å². The average Bonchev–Trinajstić information content (AvgIpc) is 2.09. The number of carbonyl (C=O) groups is 3. The molecule has 0 saturated heterocycles. The first-order valence-corrected chi connectivity index (χ1v) is 4.74. The molecular formula is C9H16N2O6. The Bertz CT molecular complexity index is 322. The van der Waals surface area contributed by atoms with Gasteiger partial charge in [0.25, 0.3) is 0 Å². The number of carboxylic acids is 1. The standard InChI is InChI=1S/C9H16N2O6/c1-9(2,3)17-8(16)11-4(7(14)15)5(12)6(10)13/h4-5,12H,1-3H3,(H2,10,13)(H,11,16)(H,14,15)/t4-,5-/m1/s1. The Morgan fingerprint density at radius 2 is 1.76 bits per heavy atom. The summed E-state index contributed by atoms with van der Waals surface area (Å²) in [7, 11) is 0. The number of nitrogens with two attached hydrogens (primary N) is 1. The number of hydrogen-bond donors (Lipinski definition) is 4. The number of primary amides is 1. The molecule has 2 atom stereocenters. The Hall–Kier alpha value is -1.83. The normalized spacial score (nSPS) is 14.6. The van der Waals surface area contributed by atoms with Gasteiger partial charge in [0.2, 0.25) is 5.91 Å². The molecule has 0 saturated carbocycles. The highest BCUT2D eigenvalue weighted by atomic mass is 16.6. The number of ether oxygens (including phenoxy) is 1. The van der Waals surface area contributed by atoms with Gasteiger partial charge in [0.1, 0.15) is 5.60 Å². The lowest BCUT2D eigenvalue weighted by molar-refractivity contribution is -0.146. The van der Waals surface area contributed by atoms with Gasteiger partial charge in [0.15, 0.2) is 12.1 Å². The van der Waals surface area contributed by atoms with Gasteiger partial charge in [0, 0.05) is 0 Å². The van der Waals surface area contributed by atoms with E-state index in [4.69, 9.17) is 15.6 Å². The van der Waals surface area contributed by atoms with Gasteiger partial charge in [-0.3, -0.25) is 4.79 Å². The van der Waals surface area contributed by atoms with Gasteiger partial charge in [-0.25, -0.2) is 9.59 Å². The number of nitrogens with one attached hydrogen (secondary N) is 1. The van der Waals surface area contributed by atoms with Gasteiger partial charge >= 0.3 is 12.1 Å². The number of hydrogen-bond acceptors (Lipinski definition) is 5. The number of carbonyl (C=O) groups excluding carboxylic acids is 2. The highest BCUT2D eigenvalue weighted by molar-refractivity contribution is 5.89. The number of aliphatic hydroxyl groups excluding tert-OH is 1. The van der Waals surface area contributed by atoms with E-state index in [9.17, 15) is 19.5 Å². The molecule has 0 aliphatic carbocycles. The Kier molecular flexibility index (Phi) is 4.89. The highest BCUT2D eigenvalue weighted by Gasteiger charge is 2.33. The van der Waals surface area contributed by atoms with Gasteiger partial charge in [-0.2, -0.15) is 0 Å². The minimum absolute atomic E-state index is 0.829. The second-order valence-corrected chi connectivity index (χ2v) is 4.31. The van der Waals surface area contributed by atoms with Crippen LogP contribution in [0.15, 0.2) is 0 Å². The van der Waals surface area contributed by atoms with Crippen LogP contribution in [0.2, 0.25) is 0 Å². The van der Waals surface area contributed by atoms with Gasteiger partial charge in [0.05, 0.1) is 0 Å². The van der Waals surface area contributed by atoms with E-state index in [1.54, 1.807) is 20.8 Å². The summed E-state index contributed by atoms with van der Waals surface area (Å²) in [6.07, 6.45) is -3.09. The molecule has 0 fully saturated rings. The van der Waals surface area contributed by atoms with Crippen LogP contribution in [0.25, 0.3) is 0 Å². The van der Waals surface area contributed by atoms with Crippen LogP contribution in [0.5, 0.6) is 0 Å². The SMILES string of the molecule is CC(C)(C)OC(=O)N[C@@H](C(=O)O)[C@@H](O)C(N)=O. The summed E-state index contributed by atoms with van der Waals surface area (Å²) in [5, 5.41) is 19.7. The molecule has 0 radical (unpaired) electrons. The van der Waals surface area contributed by atoms with Crippen molar-refractivity contribution in [3.8, 4) is 0 Å². The fourth-order valence-electron chi connectivity index (χ4n) is 0.875. The first kappa shape index (κ1) is 15.2. The zero-order valence-corrected chi connectivity index (χ0v) is 9.76. The van der Waals surface area contributed by atoms with Crippen molar-refractivity contribution in [3.63, 3.8) is 0 Å². The lowest BCUT2D eigenvalue weighted by Gasteiger charge is -2.23. The first-order chi connectivity index (χ1) is 7.54. The third-order valence-corrected chi connectivity index (χ3v) is 1.55. The molecule has 98 valence electrons. The number of alkyl carbamates (subject to hydrolysis) is 1. The van der Waals surface area contributed by atoms with Gasteiger partial charge in [-0.15, -0.1) is 0 Å². The Balaban J connectivity index is 4.62. The molecule has 0 heterocycles. The van der Waals surface area contributed by atoms with Crippen molar-refractivity contribution in [2.45, 2.75) is 38.5 Å². The third kappa shape index (κ3) is 5.71. The summed E-state index contributed by atoms with van der Waals surface area (Å²) < 4.78 is 4.77. The minimum Gasteiger partial charge on any atom is -0.480 e. The lowest BCUT2D eigenvalue weighted by Crippen LogP contribution is -2.54. The molecule has 8 heteroatoms. The number of carboxylic acid groups (broad SMARTS) is 1. The largest absolute Gasteiger partial charge is 0.480 e. The van der Waals surface area contributed by atoms with Gasteiger partial charge in [-0.1, -0.05) is 0 Å². The van der Waals surface area contributed by atoms with Gasteiger partial charge in [-0.05, 0) is 20.8 Å². The Morgan fingerprint density at radius 1 is 1.29 bits per heavy atom. The van der Waals surface area contributed by atoms with E-state index in [0.29, 0.717) is 0 Å². The molecule has 0 rings (SSSR count). The molecular weight excluding hydrogens is 232 g/mol. The highest BCUT2D eigenvalue weighted by Crippen LogP contribution is 2.07. The second-order valence-electron chi connectivity index (χ2n) is 4.31. The molecule has 0 unspecified atom stereocenters. The average molecular weight is 248 g/mol. The summed E-state index contributed by atoms with van der Waals surface area (Å²) in [5.41, 5.74) is 3.90. The van der Waals surface area contributed by atoms with Crippen molar-refractivity contribution < 1.29 is 29.3 Å². The van der Waals surface area contributed by atoms with E-state index in [-0.39, 0.29) is 0 Å². The van der Waals surface area contributed by atoms with Crippen LogP contribution >= 0.6 is 0 Å². The van der Waals surface area contributed by atoms with E-state index in [0.717, 1.165) is 0 Å². The summed E-state index contributed by atoms with van der Waals surface area (Å²) in [4.78, 5) is 32.6. The Morgan fingerprint density at radius 3 is 2.06 bits per heavy atom. The van der Waals surface area contributed by atoms with Crippen LogP contribution in [0, 0.1) is 0 Å². The van der Waals surface area contributed by atoms with Crippen LogP contribution < -0.4 is 11.1 Å². The quantitative estimate of drug-likeness (QED) is 0.493. The third-order valence-electron chi connectivity index (χ3n) is 1.55. The molecule has 0 bridgehead atoms. The fraction of sp³-hybridized carbons (Fsp3) is 0.667. The topological polar surface area (TPSA) is 139 Å². The van der Waals surface area contributed by atoms with E-state index >= 15 is 0 Å². The molecule has 0 spiro atoms. The molecule has 5 N–H and O–H groups in total. The molecule has 0 aromatic carbocycles. The molecule has 0 aliphatic rings. The first-order valence-electron chi connectivity index (χ1n) is 4.74. The Labute approximate surface area is 97.7 Å². The van der Waals surface area contributed by atoms with Crippen molar-refractivity contribution in [3.05, 3.63) is 0 Å². The van der Waals surface area contributed by atoms with Crippen LogP contribution in [0.4, 0.5) is 4.79 Å². The van der Waals surface area contributed by atoms with Crippen LogP contribution in [-0.2, 0) is 14.3 Å². The molecule has 8 nitrogen and oxygen atoms in total. The maximum atomic E-state index is 11.2. The fourth-order valence-corrected chi connectivity index (χ4v) is 0.875. The lowest BCUT2D eigenvalue weighted by atomic mass is 10.1. The minimum atomic E-state index is -2.03. The van der Waals surface area contributed by atoms with E-state index in [1.165, 1.54) is 0 Å². The molecule has 0 aromatic rings. The second kappa shape index (κ2) is 5.48. The summed E-state index contributed by atoms with van der Waals surface area (Å²) in [6, 6.07) is -1.85. The number of rotatable bonds is 4. The maximum absolute atomic E-state index is 11.2. The number of aliphatic hydroxyl groups is 1. The molecule has 2 amide bonds. The molecule has 0 aliphatic heterocycles. The van der Waals surface area contributed by atoms with Crippen LogP contribution in [0.3, 0.4) is 0 Å². The summed E-state index contributed by atoms with van der Waals surface area (Å²) in [6.45, 7) is 4.73. The van der Waals surface area contributed by atoms with Crippen molar-refractivity contribution in [1.82, 2.24) is 5.32 Å². The van der Waals surface area contributed by atoms with Gasteiger partial charge < -0.3 is 26.0 Å². The summed E-state index contributed by atoms with van der Waals surface area (Å²) >= 11 is 0. The van der Waals surface area contributed by atoms with Crippen molar-refractivity contribution in [2.24, 2.45) is 5.73 Å².